The van der Waals surface area contributed by atoms with Crippen molar-refractivity contribution in [1.82, 2.24) is 14.7 Å². The maximum absolute atomic E-state index is 12.7. The molecule has 0 aliphatic carbocycles. The zero-order chi connectivity index (χ0) is 20.2. The third-order valence-electron chi connectivity index (χ3n) is 5.17. The van der Waals surface area contributed by atoms with E-state index in [0.717, 1.165) is 36.8 Å². The third-order valence-corrected chi connectivity index (χ3v) is 6.39. The van der Waals surface area contributed by atoms with Crippen LogP contribution in [0.4, 0.5) is 5.82 Å². The molecule has 0 unspecified atom stereocenters. The fraction of sp³-hybridized carbons (Fsp3) is 0.333. The highest BCUT2D eigenvalue weighted by atomic mass is 35.5. The van der Waals surface area contributed by atoms with E-state index in [2.05, 4.69) is 21.4 Å². The maximum atomic E-state index is 12.7. The molecule has 0 bridgehead atoms. The van der Waals surface area contributed by atoms with Crippen molar-refractivity contribution in [3.8, 4) is 5.75 Å². The summed E-state index contributed by atoms with van der Waals surface area (Å²) >= 11 is 7.68. The van der Waals surface area contributed by atoms with E-state index in [1.54, 1.807) is 36.8 Å². The summed E-state index contributed by atoms with van der Waals surface area (Å²) in [6.07, 6.45) is 3.70. The Morgan fingerprint density at radius 2 is 2.03 bits per heavy atom. The molecule has 3 heterocycles. The maximum Gasteiger partial charge on any atom is 0.260 e. The highest BCUT2D eigenvalue weighted by Gasteiger charge is 2.24. The van der Waals surface area contributed by atoms with Crippen molar-refractivity contribution in [2.75, 3.05) is 25.5 Å². The lowest BCUT2D eigenvalue weighted by atomic mass is 10.1. The summed E-state index contributed by atoms with van der Waals surface area (Å²) in [5.74, 6) is 1.07. The van der Waals surface area contributed by atoms with E-state index in [1.807, 2.05) is 28.9 Å². The zero-order valence-corrected chi connectivity index (χ0v) is 17.7. The number of hydrogen-bond donors (Lipinski definition) is 1. The molecule has 1 aromatic carbocycles. The van der Waals surface area contributed by atoms with Crippen LogP contribution in [0.15, 0.2) is 48.7 Å². The minimum absolute atomic E-state index is 0.198. The van der Waals surface area contributed by atoms with Gasteiger partial charge in [-0.25, -0.2) is 4.68 Å². The fourth-order valence-corrected chi connectivity index (χ4v) is 4.83. The number of likely N-dealkylation sites (tertiary alicyclic amines) is 1. The number of rotatable bonds is 6. The molecule has 0 saturated carbocycles. The topological polar surface area (TPSA) is 59.4 Å². The summed E-state index contributed by atoms with van der Waals surface area (Å²) in [4.78, 5) is 16.5. The van der Waals surface area contributed by atoms with Crippen molar-refractivity contribution in [3.05, 3.63) is 63.4 Å². The molecule has 4 rings (SSSR count). The standard InChI is InChI=1S/C21H23ClN4O2S/c1-28-18-5-3-2-4-17(18)21(27)24-20-8-11-23-26(20)15-9-12-25(13-10-15)14-16-6-7-19(22)29-16/h2-8,11,15H,9-10,12-14H2,1H3,(H,24,27). The summed E-state index contributed by atoms with van der Waals surface area (Å²) in [7, 11) is 1.56. The third kappa shape index (κ3) is 4.63. The van der Waals surface area contributed by atoms with Crippen molar-refractivity contribution in [2.45, 2.75) is 25.4 Å². The summed E-state index contributed by atoms with van der Waals surface area (Å²) in [5.41, 5.74) is 0.507. The quantitative estimate of drug-likeness (QED) is 0.616. The summed E-state index contributed by atoms with van der Waals surface area (Å²) in [5, 5.41) is 7.47. The van der Waals surface area contributed by atoms with Crippen LogP contribution in [0.3, 0.4) is 0 Å². The van der Waals surface area contributed by atoms with Gasteiger partial charge in [0, 0.05) is 30.6 Å². The second-order valence-corrected chi connectivity index (χ2v) is 8.83. The van der Waals surface area contributed by atoms with Gasteiger partial charge in [-0.1, -0.05) is 23.7 Å². The van der Waals surface area contributed by atoms with Gasteiger partial charge in [0.1, 0.15) is 11.6 Å². The summed E-state index contributed by atoms with van der Waals surface area (Å²) < 4.78 is 8.07. The molecule has 1 aliphatic heterocycles. The second-order valence-electron chi connectivity index (χ2n) is 7.03. The van der Waals surface area contributed by atoms with E-state index in [4.69, 9.17) is 16.3 Å². The first-order valence-electron chi connectivity index (χ1n) is 9.58. The highest BCUT2D eigenvalue weighted by molar-refractivity contribution is 7.16. The molecule has 0 spiro atoms. The van der Waals surface area contributed by atoms with Crippen molar-refractivity contribution in [2.24, 2.45) is 0 Å². The number of anilines is 1. The molecule has 29 heavy (non-hydrogen) atoms. The molecule has 1 amide bonds. The Kier molecular flexibility index (Phi) is 6.18. The molecule has 8 heteroatoms. The number of halogens is 1. The Bertz CT molecular complexity index is 978. The predicted molar refractivity (Wildman–Crippen MR) is 116 cm³/mol. The number of ether oxygens (including phenoxy) is 1. The first-order valence-corrected chi connectivity index (χ1v) is 10.8. The van der Waals surface area contributed by atoms with Gasteiger partial charge in [0.05, 0.1) is 29.2 Å². The van der Waals surface area contributed by atoms with E-state index in [9.17, 15) is 4.79 Å². The first kappa shape index (κ1) is 19.9. The van der Waals surface area contributed by atoms with Gasteiger partial charge in [0.25, 0.3) is 5.91 Å². The van der Waals surface area contributed by atoms with E-state index in [-0.39, 0.29) is 11.9 Å². The van der Waals surface area contributed by atoms with Gasteiger partial charge in [-0.2, -0.15) is 5.10 Å². The number of carbonyl (C=O) groups is 1. The van der Waals surface area contributed by atoms with E-state index >= 15 is 0 Å². The van der Waals surface area contributed by atoms with Gasteiger partial charge in [-0.05, 0) is 37.1 Å². The Morgan fingerprint density at radius 1 is 1.24 bits per heavy atom. The monoisotopic (exact) mass is 430 g/mol. The van der Waals surface area contributed by atoms with Crippen molar-refractivity contribution >= 4 is 34.7 Å². The first-order chi connectivity index (χ1) is 14.1. The largest absolute Gasteiger partial charge is 0.496 e. The number of aromatic nitrogens is 2. The molecule has 152 valence electrons. The molecule has 1 aliphatic rings. The molecular weight excluding hydrogens is 408 g/mol. The number of nitrogens with zero attached hydrogens (tertiary/aromatic N) is 3. The second kappa shape index (κ2) is 8.98. The van der Waals surface area contributed by atoms with Crippen molar-refractivity contribution in [3.63, 3.8) is 0 Å². The number of amides is 1. The minimum atomic E-state index is -0.198. The average Bonchev–Trinajstić information content (AvgIpc) is 3.37. The number of piperidine rings is 1. The van der Waals surface area contributed by atoms with Gasteiger partial charge in [-0.3, -0.25) is 9.69 Å². The van der Waals surface area contributed by atoms with Crippen LogP contribution in [0.25, 0.3) is 0 Å². The molecule has 0 atom stereocenters. The van der Waals surface area contributed by atoms with E-state index in [1.165, 1.54) is 4.88 Å². The fourth-order valence-electron chi connectivity index (χ4n) is 3.70. The van der Waals surface area contributed by atoms with Gasteiger partial charge in [-0.15, -0.1) is 11.3 Å². The Balaban J connectivity index is 1.39. The number of methoxy groups -OCH3 is 1. The van der Waals surface area contributed by atoms with Crippen LogP contribution in [0.1, 0.15) is 34.1 Å². The highest BCUT2D eigenvalue weighted by Crippen LogP contribution is 2.29. The van der Waals surface area contributed by atoms with E-state index < -0.39 is 0 Å². The van der Waals surface area contributed by atoms with Gasteiger partial charge >= 0.3 is 0 Å². The van der Waals surface area contributed by atoms with Crippen LogP contribution in [-0.2, 0) is 6.54 Å². The lowest BCUT2D eigenvalue weighted by Gasteiger charge is -2.32. The Morgan fingerprint density at radius 3 is 2.76 bits per heavy atom. The number of para-hydroxylation sites is 1. The molecule has 1 N–H and O–H groups in total. The van der Waals surface area contributed by atoms with Crippen LogP contribution in [0.2, 0.25) is 4.34 Å². The predicted octanol–water partition coefficient (Wildman–Crippen LogP) is 4.70. The molecule has 6 nitrogen and oxygen atoms in total. The SMILES string of the molecule is COc1ccccc1C(=O)Nc1ccnn1C1CCN(Cc2ccc(Cl)s2)CC1. The van der Waals surface area contributed by atoms with Gasteiger partial charge in [0.15, 0.2) is 0 Å². The van der Waals surface area contributed by atoms with Crippen LogP contribution in [0.5, 0.6) is 5.75 Å². The summed E-state index contributed by atoms with van der Waals surface area (Å²) in [6, 6.07) is 13.4. The van der Waals surface area contributed by atoms with Crippen LogP contribution in [0, 0.1) is 0 Å². The smallest absolute Gasteiger partial charge is 0.260 e. The van der Waals surface area contributed by atoms with Crippen LogP contribution < -0.4 is 10.1 Å². The van der Waals surface area contributed by atoms with Crippen LogP contribution >= 0.6 is 22.9 Å². The van der Waals surface area contributed by atoms with E-state index in [0.29, 0.717) is 17.1 Å². The molecule has 2 aromatic heterocycles. The number of hydrogen-bond acceptors (Lipinski definition) is 5. The van der Waals surface area contributed by atoms with Gasteiger partial charge in [0.2, 0.25) is 0 Å². The minimum Gasteiger partial charge on any atom is -0.496 e. The number of benzene rings is 1. The van der Waals surface area contributed by atoms with Crippen LogP contribution in [-0.4, -0.2) is 40.8 Å². The lowest BCUT2D eigenvalue weighted by molar-refractivity contribution is 0.102. The number of carbonyl (C=O) groups excluding carboxylic acids is 1. The molecular formula is C21H23ClN4O2S. The average molecular weight is 431 g/mol. The number of nitrogens with one attached hydrogen (secondary N) is 1. The molecule has 1 fully saturated rings. The molecule has 3 aromatic rings. The van der Waals surface area contributed by atoms with Crippen molar-refractivity contribution < 1.29 is 9.53 Å². The molecule has 1 saturated heterocycles. The Hall–Kier alpha value is -2.35. The summed E-state index contributed by atoms with van der Waals surface area (Å²) in [6.45, 7) is 2.90. The Labute approximate surface area is 179 Å². The lowest BCUT2D eigenvalue weighted by Crippen LogP contribution is -2.34. The number of thiophene rings is 1. The van der Waals surface area contributed by atoms with Gasteiger partial charge < -0.3 is 10.1 Å². The zero-order valence-electron chi connectivity index (χ0n) is 16.2. The molecule has 0 radical (unpaired) electrons. The van der Waals surface area contributed by atoms with Crippen molar-refractivity contribution in [1.29, 1.82) is 0 Å². The normalized spacial score (nSPS) is 15.4.